The largest absolute Gasteiger partial charge is 0.457 e. The average Bonchev–Trinajstić information content (AvgIpc) is 3.16. The monoisotopic (exact) mass is 426 g/mol. The number of halogens is 2. The van der Waals surface area contributed by atoms with E-state index >= 15 is 0 Å². The highest BCUT2D eigenvalue weighted by Gasteiger charge is 2.35. The van der Waals surface area contributed by atoms with Crippen LogP contribution >= 0.6 is 23.8 Å². The van der Waals surface area contributed by atoms with Crippen LogP contribution in [-0.4, -0.2) is 16.9 Å². The highest BCUT2D eigenvalue weighted by Crippen LogP contribution is 2.27. The first kappa shape index (κ1) is 19.0. The molecule has 0 radical (unpaired) electrons. The molecule has 0 bridgehead atoms. The van der Waals surface area contributed by atoms with Crippen molar-refractivity contribution in [3.8, 4) is 11.3 Å². The summed E-state index contributed by atoms with van der Waals surface area (Å²) in [7, 11) is 0. The second-order valence-corrected chi connectivity index (χ2v) is 6.94. The zero-order chi connectivity index (χ0) is 20.5. The van der Waals surface area contributed by atoms with E-state index in [2.05, 4.69) is 5.32 Å². The van der Waals surface area contributed by atoms with E-state index in [-0.39, 0.29) is 22.1 Å². The molecule has 29 heavy (non-hydrogen) atoms. The van der Waals surface area contributed by atoms with Crippen LogP contribution in [0.2, 0.25) is 5.02 Å². The van der Waals surface area contributed by atoms with Crippen molar-refractivity contribution in [2.24, 2.45) is 0 Å². The third kappa shape index (κ3) is 3.70. The van der Waals surface area contributed by atoms with Gasteiger partial charge in [-0.2, -0.15) is 0 Å². The minimum atomic E-state index is -0.742. The fraction of sp³-hybridized carbons (Fsp3) is 0. The second kappa shape index (κ2) is 7.62. The molecule has 1 N–H and O–H groups in total. The molecule has 8 heteroatoms. The molecule has 144 valence electrons. The van der Waals surface area contributed by atoms with Crippen molar-refractivity contribution in [3.63, 3.8) is 0 Å². The first-order valence-corrected chi connectivity index (χ1v) is 9.24. The Balaban J connectivity index is 1.68. The normalized spacial score (nSPS) is 15.7. The number of hydrogen-bond donors (Lipinski definition) is 1. The van der Waals surface area contributed by atoms with Crippen molar-refractivity contribution in [3.05, 3.63) is 82.8 Å². The van der Waals surface area contributed by atoms with E-state index in [4.69, 9.17) is 28.2 Å². The van der Waals surface area contributed by atoms with Crippen molar-refractivity contribution < 1.29 is 18.4 Å². The van der Waals surface area contributed by atoms with Gasteiger partial charge in [-0.3, -0.25) is 14.9 Å². The van der Waals surface area contributed by atoms with Crippen LogP contribution < -0.4 is 10.2 Å². The summed E-state index contributed by atoms with van der Waals surface area (Å²) < 4.78 is 19.9. The third-order valence-corrected chi connectivity index (χ3v) is 4.77. The molecule has 0 saturated carbocycles. The molecule has 1 fully saturated rings. The quantitative estimate of drug-likeness (QED) is 0.378. The number of hydrogen-bond acceptors (Lipinski definition) is 4. The first-order valence-electron chi connectivity index (χ1n) is 8.46. The Labute approximate surface area is 175 Å². The SMILES string of the molecule is O=C1NC(=S)N(c2ccccc2F)C(=O)C1=Cc1ccc(-c2ccc(Cl)cc2)o1. The van der Waals surface area contributed by atoms with Crippen LogP contribution in [0.5, 0.6) is 0 Å². The van der Waals surface area contributed by atoms with Crippen molar-refractivity contribution in [2.75, 3.05) is 4.90 Å². The lowest BCUT2D eigenvalue weighted by atomic mass is 10.1. The molecule has 0 spiro atoms. The summed E-state index contributed by atoms with van der Waals surface area (Å²) in [5.74, 6) is -1.24. The van der Waals surface area contributed by atoms with Gasteiger partial charge in [-0.25, -0.2) is 9.29 Å². The highest BCUT2D eigenvalue weighted by molar-refractivity contribution is 7.80. The van der Waals surface area contributed by atoms with E-state index in [0.29, 0.717) is 10.8 Å². The molecular weight excluding hydrogens is 415 g/mol. The Morgan fingerprint density at radius 3 is 2.48 bits per heavy atom. The van der Waals surface area contributed by atoms with E-state index < -0.39 is 17.6 Å². The number of carbonyl (C=O) groups is 2. The van der Waals surface area contributed by atoms with Gasteiger partial charge in [0.2, 0.25) is 0 Å². The van der Waals surface area contributed by atoms with Gasteiger partial charge >= 0.3 is 0 Å². The summed E-state index contributed by atoms with van der Waals surface area (Å²) in [4.78, 5) is 26.2. The fourth-order valence-corrected chi connectivity index (χ4v) is 3.25. The van der Waals surface area contributed by atoms with Crippen molar-refractivity contribution in [2.45, 2.75) is 0 Å². The Morgan fingerprint density at radius 1 is 1.03 bits per heavy atom. The van der Waals surface area contributed by atoms with Crippen LogP contribution in [0.4, 0.5) is 10.1 Å². The Hall–Kier alpha value is -3.29. The van der Waals surface area contributed by atoms with E-state index in [9.17, 15) is 14.0 Å². The van der Waals surface area contributed by atoms with Gasteiger partial charge in [-0.05, 0) is 66.8 Å². The predicted molar refractivity (Wildman–Crippen MR) is 112 cm³/mol. The molecule has 1 aliphatic rings. The van der Waals surface area contributed by atoms with Crippen LogP contribution in [0.1, 0.15) is 5.76 Å². The van der Waals surface area contributed by atoms with Gasteiger partial charge in [-0.15, -0.1) is 0 Å². The van der Waals surface area contributed by atoms with Crippen LogP contribution in [0.3, 0.4) is 0 Å². The highest BCUT2D eigenvalue weighted by atomic mass is 35.5. The number of anilines is 1. The average molecular weight is 427 g/mol. The van der Waals surface area contributed by atoms with Gasteiger partial charge in [-0.1, -0.05) is 23.7 Å². The number of thiocarbonyl (C=S) groups is 1. The Kier molecular flexibility index (Phi) is 5.00. The maximum atomic E-state index is 14.2. The molecule has 1 aliphatic heterocycles. The lowest BCUT2D eigenvalue weighted by Crippen LogP contribution is -2.54. The molecule has 0 atom stereocenters. The predicted octanol–water partition coefficient (Wildman–Crippen LogP) is 4.57. The fourth-order valence-electron chi connectivity index (χ4n) is 2.85. The van der Waals surface area contributed by atoms with Crippen molar-refractivity contribution in [1.29, 1.82) is 0 Å². The minimum Gasteiger partial charge on any atom is -0.457 e. The number of carbonyl (C=O) groups excluding carboxylic acids is 2. The smallest absolute Gasteiger partial charge is 0.270 e. The minimum absolute atomic E-state index is 0.0466. The number of rotatable bonds is 3. The summed E-state index contributed by atoms with van der Waals surface area (Å²) in [5.41, 5.74) is 0.515. The molecule has 2 amide bonds. The van der Waals surface area contributed by atoms with Gasteiger partial charge in [0.15, 0.2) is 5.11 Å². The van der Waals surface area contributed by atoms with Crippen molar-refractivity contribution >= 4 is 52.5 Å². The molecule has 1 aromatic heterocycles. The molecule has 0 unspecified atom stereocenters. The lowest BCUT2D eigenvalue weighted by Gasteiger charge is -2.28. The summed E-state index contributed by atoms with van der Waals surface area (Å²) in [6.45, 7) is 0. The van der Waals surface area contributed by atoms with E-state index in [0.717, 1.165) is 10.5 Å². The van der Waals surface area contributed by atoms with Crippen LogP contribution in [-0.2, 0) is 9.59 Å². The Morgan fingerprint density at radius 2 is 1.76 bits per heavy atom. The Bertz CT molecular complexity index is 1170. The number of nitrogens with zero attached hydrogens (tertiary/aromatic N) is 1. The molecule has 4 rings (SSSR count). The third-order valence-electron chi connectivity index (χ3n) is 4.24. The summed E-state index contributed by atoms with van der Waals surface area (Å²) in [6, 6.07) is 16.0. The second-order valence-electron chi connectivity index (χ2n) is 6.12. The van der Waals surface area contributed by atoms with E-state index in [1.807, 2.05) is 0 Å². The van der Waals surface area contributed by atoms with Crippen LogP contribution in [0.25, 0.3) is 17.4 Å². The van der Waals surface area contributed by atoms with Gasteiger partial charge in [0.1, 0.15) is 22.9 Å². The van der Waals surface area contributed by atoms with Crippen LogP contribution in [0, 0.1) is 5.82 Å². The number of nitrogens with one attached hydrogen (secondary N) is 1. The maximum absolute atomic E-state index is 14.2. The summed E-state index contributed by atoms with van der Waals surface area (Å²) in [5, 5.41) is 2.81. The molecule has 2 aromatic carbocycles. The first-order chi connectivity index (χ1) is 13.9. The zero-order valence-electron chi connectivity index (χ0n) is 14.7. The topological polar surface area (TPSA) is 62.6 Å². The number of furan rings is 1. The number of para-hydroxylation sites is 1. The molecule has 2 heterocycles. The van der Waals surface area contributed by atoms with Gasteiger partial charge in [0, 0.05) is 10.6 Å². The van der Waals surface area contributed by atoms with Gasteiger partial charge in [0.25, 0.3) is 11.8 Å². The molecule has 3 aromatic rings. The van der Waals surface area contributed by atoms with Crippen LogP contribution in [0.15, 0.2) is 70.7 Å². The molecule has 0 aliphatic carbocycles. The van der Waals surface area contributed by atoms with Gasteiger partial charge < -0.3 is 4.42 Å². The summed E-state index contributed by atoms with van der Waals surface area (Å²) >= 11 is 11.0. The zero-order valence-corrected chi connectivity index (χ0v) is 16.3. The maximum Gasteiger partial charge on any atom is 0.270 e. The van der Waals surface area contributed by atoms with E-state index in [1.165, 1.54) is 24.3 Å². The number of benzene rings is 2. The molecule has 1 saturated heterocycles. The number of amides is 2. The van der Waals surface area contributed by atoms with Gasteiger partial charge in [0.05, 0.1) is 5.69 Å². The molecule has 5 nitrogen and oxygen atoms in total. The van der Waals surface area contributed by atoms with E-state index in [1.54, 1.807) is 42.5 Å². The van der Waals surface area contributed by atoms with Crippen molar-refractivity contribution in [1.82, 2.24) is 5.32 Å². The lowest BCUT2D eigenvalue weighted by molar-refractivity contribution is -0.122. The molecular formula is C21H12ClFN2O3S. The summed E-state index contributed by atoms with van der Waals surface area (Å²) in [6.07, 6.45) is 1.30. The standard InChI is InChI=1S/C21H12ClFN2O3S/c22-13-7-5-12(6-8-13)18-10-9-14(28-18)11-15-19(26)24-21(29)25(20(15)27)17-4-2-1-3-16(17)23/h1-11H,(H,24,26,29).